The van der Waals surface area contributed by atoms with Crippen molar-refractivity contribution in [2.24, 2.45) is 0 Å². The van der Waals surface area contributed by atoms with Gasteiger partial charge in [-0.1, -0.05) is 6.42 Å². The molecule has 1 aliphatic rings. The number of piperidine rings is 1. The number of rotatable bonds is 1. The van der Waals surface area contributed by atoms with Gasteiger partial charge in [-0.25, -0.2) is 0 Å². The van der Waals surface area contributed by atoms with Crippen molar-refractivity contribution in [1.29, 1.82) is 0 Å². The molecule has 0 aromatic carbocycles. The molecule has 74 valence electrons. The Kier molecular flexibility index (Phi) is 6.32. The van der Waals surface area contributed by atoms with E-state index in [1.807, 2.05) is 0 Å². The lowest BCUT2D eigenvalue weighted by molar-refractivity contribution is 0.484. The van der Waals surface area contributed by atoms with E-state index in [4.69, 9.17) is 4.55 Å². The Balaban J connectivity index is 0.000000202. The Labute approximate surface area is 74.1 Å². The lowest BCUT2D eigenvalue weighted by Gasteiger charge is -2.08. The average Bonchev–Trinajstić information content (AvgIpc) is 2.07. The second kappa shape index (κ2) is 6.39. The molecule has 0 aromatic rings. The third-order valence-electron chi connectivity index (χ3n) is 1.57. The van der Waals surface area contributed by atoms with Crippen LogP contribution in [-0.2, 0) is 10.1 Å². The minimum Gasteiger partial charge on any atom is -0.317 e. The molecule has 0 unspecified atom stereocenters. The van der Waals surface area contributed by atoms with E-state index in [1.165, 1.54) is 39.3 Å². The highest BCUT2D eigenvalue weighted by atomic mass is 32.2. The van der Waals surface area contributed by atoms with Crippen LogP contribution >= 0.6 is 0 Å². The minimum absolute atomic E-state index is 0.201. The molecular weight excluding hydrogens is 178 g/mol. The minimum atomic E-state index is -3.66. The van der Waals surface area contributed by atoms with Crippen molar-refractivity contribution in [3.63, 3.8) is 0 Å². The maximum absolute atomic E-state index is 9.56. The molecule has 1 rings (SSSR count). The van der Waals surface area contributed by atoms with E-state index in [0.717, 1.165) is 0 Å². The van der Waals surface area contributed by atoms with Crippen LogP contribution < -0.4 is 5.32 Å². The summed E-state index contributed by atoms with van der Waals surface area (Å²) in [5.41, 5.74) is 0. The third kappa shape index (κ3) is 9.87. The standard InChI is InChI=1S/C5H11N.C2H6O3S/c1-2-4-6-5-3-1;1-2-6(3,4)5/h6H,1-5H2;2H2,1H3,(H,3,4,5). The van der Waals surface area contributed by atoms with Gasteiger partial charge in [0.15, 0.2) is 0 Å². The van der Waals surface area contributed by atoms with E-state index in [0.29, 0.717) is 0 Å². The van der Waals surface area contributed by atoms with Crippen molar-refractivity contribution < 1.29 is 13.0 Å². The maximum Gasteiger partial charge on any atom is 0.264 e. The number of nitrogens with one attached hydrogen (secondary N) is 1. The molecule has 0 amide bonds. The molecule has 0 radical (unpaired) electrons. The highest BCUT2D eigenvalue weighted by Crippen LogP contribution is 1.96. The lowest BCUT2D eigenvalue weighted by atomic mass is 10.2. The first-order chi connectivity index (χ1) is 5.56. The summed E-state index contributed by atoms with van der Waals surface area (Å²) >= 11 is 0. The lowest BCUT2D eigenvalue weighted by Crippen LogP contribution is -2.21. The highest BCUT2D eigenvalue weighted by molar-refractivity contribution is 7.85. The van der Waals surface area contributed by atoms with Crippen LogP contribution in [0.5, 0.6) is 0 Å². The molecule has 0 saturated carbocycles. The van der Waals surface area contributed by atoms with Gasteiger partial charge in [0.25, 0.3) is 10.1 Å². The van der Waals surface area contributed by atoms with Crippen molar-refractivity contribution in [3.8, 4) is 0 Å². The Morgan fingerprint density at radius 2 is 1.67 bits per heavy atom. The van der Waals surface area contributed by atoms with Gasteiger partial charge in [0, 0.05) is 0 Å². The van der Waals surface area contributed by atoms with Crippen molar-refractivity contribution in [2.45, 2.75) is 26.2 Å². The van der Waals surface area contributed by atoms with Gasteiger partial charge < -0.3 is 5.32 Å². The van der Waals surface area contributed by atoms with Gasteiger partial charge >= 0.3 is 0 Å². The Morgan fingerprint density at radius 1 is 1.25 bits per heavy atom. The van der Waals surface area contributed by atoms with Crippen LogP contribution in [0.25, 0.3) is 0 Å². The fraction of sp³-hybridized carbons (Fsp3) is 1.00. The molecular formula is C7H17NO3S. The second-order valence-corrected chi connectivity index (χ2v) is 4.42. The predicted octanol–water partition coefficient (Wildman–Crippen LogP) is 0.654. The maximum atomic E-state index is 9.56. The van der Waals surface area contributed by atoms with Gasteiger partial charge in [0.2, 0.25) is 0 Å². The molecule has 0 atom stereocenters. The zero-order valence-electron chi connectivity index (χ0n) is 7.41. The Hall–Kier alpha value is -0.130. The van der Waals surface area contributed by atoms with Crippen LogP contribution in [0.4, 0.5) is 0 Å². The van der Waals surface area contributed by atoms with Gasteiger partial charge in [-0.05, 0) is 32.9 Å². The molecule has 1 aliphatic heterocycles. The number of hydrogen-bond acceptors (Lipinski definition) is 3. The van der Waals surface area contributed by atoms with Crippen LogP contribution in [0.3, 0.4) is 0 Å². The van der Waals surface area contributed by atoms with E-state index in [1.54, 1.807) is 0 Å². The van der Waals surface area contributed by atoms with Crippen LogP contribution in [0.15, 0.2) is 0 Å². The molecule has 5 heteroatoms. The van der Waals surface area contributed by atoms with E-state index >= 15 is 0 Å². The molecule has 0 spiro atoms. The van der Waals surface area contributed by atoms with Crippen molar-refractivity contribution >= 4 is 10.1 Å². The van der Waals surface area contributed by atoms with Gasteiger partial charge in [-0.2, -0.15) is 8.42 Å². The Morgan fingerprint density at radius 3 is 1.75 bits per heavy atom. The first-order valence-corrected chi connectivity index (χ1v) is 5.83. The SMILES string of the molecule is C1CCNCC1.CCS(=O)(=O)O. The summed E-state index contributed by atoms with van der Waals surface area (Å²) in [4.78, 5) is 0. The summed E-state index contributed by atoms with van der Waals surface area (Å²) in [6.07, 6.45) is 4.22. The summed E-state index contributed by atoms with van der Waals surface area (Å²) in [7, 11) is -3.66. The molecule has 0 bridgehead atoms. The second-order valence-electron chi connectivity index (χ2n) is 2.68. The third-order valence-corrected chi connectivity index (χ3v) is 2.30. The summed E-state index contributed by atoms with van der Waals surface area (Å²) < 4.78 is 26.9. The molecule has 4 nitrogen and oxygen atoms in total. The summed E-state index contributed by atoms with van der Waals surface area (Å²) in [5, 5.41) is 3.28. The van der Waals surface area contributed by atoms with Gasteiger partial charge in [0.05, 0.1) is 5.75 Å². The van der Waals surface area contributed by atoms with E-state index in [2.05, 4.69) is 5.32 Å². The van der Waals surface area contributed by atoms with Crippen LogP contribution in [0.2, 0.25) is 0 Å². The first-order valence-electron chi connectivity index (χ1n) is 4.22. The van der Waals surface area contributed by atoms with Crippen LogP contribution in [0, 0.1) is 0 Å². The van der Waals surface area contributed by atoms with Gasteiger partial charge in [-0.3, -0.25) is 4.55 Å². The molecule has 2 N–H and O–H groups in total. The molecule has 0 aliphatic carbocycles. The van der Waals surface area contributed by atoms with E-state index < -0.39 is 10.1 Å². The van der Waals surface area contributed by atoms with Crippen LogP contribution in [-0.4, -0.2) is 31.8 Å². The summed E-state index contributed by atoms with van der Waals surface area (Å²) in [6.45, 7) is 3.87. The summed E-state index contributed by atoms with van der Waals surface area (Å²) in [6, 6.07) is 0. The normalized spacial score (nSPS) is 17.8. The number of hydrogen-bond donors (Lipinski definition) is 2. The monoisotopic (exact) mass is 195 g/mol. The summed E-state index contributed by atoms with van der Waals surface area (Å²) in [5.74, 6) is -0.201. The Bertz CT molecular complexity index is 173. The van der Waals surface area contributed by atoms with Crippen molar-refractivity contribution in [2.75, 3.05) is 18.8 Å². The largest absolute Gasteiger partial charge is 0.317 e. The smallest absolute Gasteiger partial charge is 0.264 e. The molecule has 1 saturated heterocycles. The van der Waals surface area contributed by atoms with Crippen molar-refractivity contribution in [3.05, 3.63) is 0 Å². The van der Waals surface area contributed by atoms with Crippen LogP contribution in [0.1, 0.15) is 26.2 Å². The zero-order valence-corrected chi connectivity index (χ0v) is 8.23. The van der Waals surface area contributed by atoms with Gasteiger partial charge in [-0.15, -0.1) is 0 Å². The fourth-order valence-corrected chi connectivity index (χ4v) is 0.802. The molecule has 1 heterocycles. The molecule has 12 heavy (non-hydrogen) atoms. The predicted molar refractivity (Wildman–Crippen MR) is 48.8 cm³/mol. The quantitative estimate of drug-likeness (QED) is 0.603. The fourth-order valence-electron chi connectivity index (χ4n) is 0.802. The average molecular weight is 195 g/mol. The van der Waals surface area contributed by atoms with Crippen molar-refractivity contribution in [1.82, 2.24) is 5.32 Å². The highest BCUT2D eigenvalue weighted by Gasteiger charge is 1.94. The first kappa shape index (κ1) is 11.9. The van der Waals surface area contributed by atoms with E-state index in [9.17, 15) is 8.42 Å². The van der Waals surface area contributed by atoms with Gasteiger partial charge in [0.1, 0.15) is 0 Å². The topological polar surface area (TPSA) is 66.4 Å². The van der Waals surface area contributed by atoms with E-state index in [-0.39, 0.29) is 5.75 Å². The zero-order chi connectivity index (χ0) is 9.45. The molecule has 1 fully saturated rings. The molecule has 0 aromatic heterocycles.